The fourth-order valence-electron chi connectivity index (χ4n) is 4.70. The van der Waals surface area contributed by atoms with E-state index in [1.807, 2.05) is 29.2 Å². The molecule has 160 valence electrons. The molecular weight excluding hydrogens is 382 g/mol. The largest absolute Gasteiger partial charge is 0.494 e. The minimum Gasteiger partial charge on any atom is -0.494 e. The van der Waals surface area contributed by atoms with E-state index in [0.29, 0.717) is 0 Å². The van der Waals surface area contributed by atoms with E-state index in [1.165, 1.54) is 12.8 Å². The van der Waals surface area contributed by atoms with Crippen LogP contribution < -0.4 is 4.74 Å². The highest BCUT2D eigenvalue weighted by molar-refractivity contribution is 5.68. The average molecular weight is 412 g/mol. The number of piperidine rings is 1. The first-order valence-electron chi connectivity index (χ1n) is 11.2. The zero-order chi connectivity index (χ0) is 20.3. The summed E-state index contributed by atoms with van der Waals surface area (Å²) >= 11 is 0. The third kappa shape index (κ3) is 4.42. The van der Waals surface area contributed by atoms with Gasteiger partial charge < -0.3 is 14.4 Å². The van der Waals surface area contributed by atoms with Crippen molar-refractivity contribution in [3.05, 3.63) is 30.6 Å². The van der Waals surface area contributed by atoms with Gasteiger partial charge in [0.1, 0.15) is 18.2 Å². The first-order valence-corrected chi connectivity index (χ1v) is 11.2. The van der Waals surface area contributed by atoms with E-state index in [0.717, 1.165) is 81.0 Å². The minimum atomic E-state index is -0.0926. The van der Waals surface area contributed by atoms with Gasteiger partial charge in [-0.05, 0) is 97.4 Å². The number of nitrogens with zero attached hydrogens (tertiary/aromatic N) is 5. The van der Waals surface area contributed by atoms with Crippen LogP contribution in [-0.4, -0.2) is 57.0 Å². The highest BCUT2D eigenvalue weighted by Crippen LogP contribution is 2.49. The summed E-state index contributed by atoms with van der Waals surface area (Å²) in [4.78, 5) is 14.1. The predicted octanol–water partition coefficient (Wildman–Crippen LogP) is 3.47. The van der Waals surface area contributed by atoms with Gasteiger partial charge >= 0.3 is 6.09 Å². The number of carbonyl (C=O) groups is 1. The number of rotatable bonds is 7. The molecule has 2 aliphatic carbocycles. The fourth-order valence-corrected chi connectivity index (χ4v) is 4.70. The van der Waals surface area contributed by atoms with Gasteiger partial charge in [-0.3, -0.25) is 0 Å². The van der Waals surface area contributed by atoms with Crippen LogP contribution in [0.1, 0.15) is 44.9 Å². The topological polar surface area (TPSA) is 82.4 Å². The van der Waals surface area contributed by atoms with Gasteiger partial charge in [0.25, 0.3) is 0 Å². The van der Waals surface area contributed by atoms with E-state index in [1.54, 1.807) is 11.0 Å². The Hall–Kier alpha value is -2.64. The molecule has 3 fully saturated rings. The van der Waals surface area contributed by atoms with E-state index < -0.39 is 0 Å². The van der Waals surface area contributed by atoms with Crippen molar-refractivity contribution in [1.29, 1.82) is 0 Å². The molecule has 0 unspecified atom stereocenters. The standard InChI is InChI=1S/C22H29N5O3/c28-22(30-20-2-1-3-20)26-11-8-16(9-12-26)21-14-17(21)10-13-29-19-6-4-18(5-7-19)27-15-23-24-25-27/h4-7,15-17,20-21H,1-3,8-14H2/t17-,21-/m1/s1. The van der Waals surface area contributed by atoms with Crippen molar-refractivity contribution < 1.29 is 14.3 Å². The Bertz CT molecular complexity index is 829. The van der Waals surface area contributed by atoms with Crippen LogP contribution in [0.15, 0.2) is 30.6 Å². The van der Waals surface area contributed by atoms with Gasteiger partial charge in [0.2, 0.25) is 0 Å². The molecule has 1 saturated heterocycles. The molecule has 0 N–H and O–H groups in total. The number of benzene rings is 1. The van der Waals surface area contributed by atoms with Gasteiger partial charge in [-0.15, -0.1) is 5.10 Å². The van der Waals surface area contributed by atoms with Crippen molar-refractivity contribution in [3.63, 3.8) is 0 Å². The summed E-state index contributed by atoms with van der Waals surface area (Å²) in [6.07, 6.45) is 9.56. The summed E-state index contributed by atoms with van der Waals surface area (Å²) in [7, 11) is 0. The van der Waals surface area contributed by atoms with Crippen LogP contribution in [-0.2, 0) is 4.74 Å². The van der Waals surface area contributed by atoms with Crippen molar-refractivity contribution in [2.75, 3.05) is 19.7 Å². The van der Waals surface area contributed by atoms with Crippen molar-refractivity contribution in [2.24, 2.45) is 17.8 Å². The molecule has 2 aromatic rings. The zero-order valence-corrected chi connectivity index (χ0v) is 17.2. The van der Waals surface area contributed by atoms with Gasteiger partial charge in [0, 0.05) is 13.1 Å². The summed E-state index contributed by atoms with van der Waals surface area (Å²) in [6.45, 7) is 2.45. The highest BCUT2D eigenvalue weighted by atomic mass is 16.6. The molecule has 1 aromatic carbocycles. The Labute approximate surface area is 176 Å². The lowest BCUT2D eigenvalue weighted by Crippen LogP contribution is -2.41. The van der Waals surface area contributed by atoms with Crippen molar-refractivity contribution in [1.82, 2.24) is 25.1 Å². The number of amides is 1. The highest BCUT2D eigenvalue weighted by Gasteiger charge is 2.43. The number of aromatic nitrogens is 4. The maximum absolute atomic E-state index is 12.2. The first kappa shape index (κ1) is 19.3. The Morgan fingerprint density at radius 1 is 1.10 bits per heavy atom. The lowest BCUT2D eigenvalue weighted by molar-refractivity contribution is 0.0195. The molecule has 0 bridgehead atoms. The van der Waals surface area contributed by atoms with Crippen LogP contribution in [0.3, 0.4) is 0 Å². The smallest absolute Gasteiger partial charge is 0.410 e. The molecule has 30 heavy (non-hydrogen) atoms. The first-order chi connectivity index (χ1) is 14.8. The van der Waals surface area contributed by atoms with Crippen LogP contribution >= 0.6 is 0 Å². The molecule has 8 heteroatoms. The van der Waals surface area contributed by atoms with E-state index in [9.17, 15) is 4.79 Å². The number of tetrazole rings is 1. The maximum atomic E-state index is 12.2. The predicted molar refractivity (Wildman–Crippen MR) is 109 cm³/mol. The van der Waals surface area contributed by atoms with Crippen molar-refractivity contribution in [2.45, 2.75) is 51.0 Å². The van der Waals surface area contributed by atoms with Gasteiger partial charge in [0.05, 0.1) is 12.3 Å². The Balaban J connectivity index is 0.997. The van der Waals surface area contributed by atoms with Crippen LogP contribution in [0, 0.1) is 17.8 Å². The second-order valence-corrected chi connectivity index (χ2v) is 8.81. The van der Waals surface area contributed by atoms with Crippen LogP contribution in [0.25, 0.3) is 5.69 Å². The summed E-state index contributed by atoms with van der Waals surface area (Å²) in [5, 5.41) is 11.2. The second kappa shape index (κ2) is 8.62. The average Bonchev–Trinajstić information content (AvgIpc) is 3.30. The molecule has 0 spiro atoms. The Kier molecular flexibility index (Phi) is 5.55. The van der Waals surface area contributed by atoms with E-state index in [-0.39, 0.29) is 12.2 Å². The molecular formula is C22H29N5O3. The quantitative estimate of drug-likeness (QED) is 0.694. The number of likely N-dealkylation sites (tertiary alicyclic amines) is 1. The molecule has 5 rings (SSSR count). The number of ether oxygens (including phenoxy) is 2. The summed E-state index contributed by atoms with van der Waals surface area (Å²) in [6, 6.07) is 7.82. The fraction of sp³-hybridized carbons (Fsp3) is 0.636. The summed E-state index contributed by atoms with van der Waals surface area (Å²) in [5.74, 6) is 3.20. The second-order valence-electron chi connectivity index (χ2n) is 8.81. The summed E-state index contributed by atoms with van der Waals surface area (Å²) in [5.41, 5.74) is 0.914. The van der Waals surface area contributed by atoms with E-state index >= 15 is 0 Å². The van der Waals surface area contributed by atoms with Crippen LogP contribution in [0.2, 0.25) is 0 Å². The summed E-state index contributed by atoms with van der Waals surface area (Å²) < 4.78 is 13.1. The molecule has 0 radical (unpaired) electrons. The van der Waals surface area contributed by atoms with Crippen LogP contribution in [0.5, 0.6) is 5.75 Å². The normalized spacial score (nSPS) is 24.3. The molecule has 2 heterocycles. The van der Waals surface area contributed by atoms with Crippen molar-refractivity contribution >= 4 is 6.09 Å². The number of hydrogen-bond acceptors (Lipinski definition) is 6. The Morgan fingerprint density at radius 2 is 1.90 bits per heavy atom. The van der Waals surface area contributed by atoms with Gasteiger partial charge in [-0.25, -0.2) is 9.48 Å². The molecule has 2 saturated carbocycles. The molecule has 2 atom stereocenters. The third-order valence-corrected chi connectivity index (χ3v) is 6.91. The van der Waals surface area contributed by atoms with E-state index in [2.05, 4.69) is 15.5 Å². The number of hydrogen-bond donors (Lipinski definition) is 0. The van der Waals surface area contributed by atoms with Gasteiger partial charge in [-0.2, -0.15) is 0 Å². The SMILES string of the molecule is O=C(OC1CCC1)N1CCC([C@H]2C[C@H]2CCOc2ccc(-n3cnnn3)cc2)CC1. The Morgan fingerprint density at radius 3 is 2.57 bits per heavy atom. The van der Waals surface area contributed by atoms with Gasteiger partial charge in [-0.1, -0.05) is 0 Å². The molecule has 8 nitrogen and oxygen atoms in total. The third-order valence-electron chi connectivity index (χ3n) is 6.91. The van der Waals surface area contributed by atoms with Gasteiger partial charge in [0.15, 0.2) is 0 Å². The van der Waals surface area contributed by atoms with Crippen molar-refractivity contribution in [3.8, 4) is 11.4 Å². The monoisotopic (exact) mass is 411 g/mol. The molecule has 1 amide bonds. The minimum absolute atomic E-state index is 0.0926. The van der Waals surface area contributed by atoms with E-state index in [4.69, 9.17) is 9.47 Å². The zero-order valence-electron chi connectivity index (χ0n) is 17.2. The lowest BCUT2D eigenvalue weighted by atomic mass is 9.90. The maximum Gasteiger partial charge on any atom is 0.410 e. The molecule has 1 aliphatic heterocycles. The molecule has 3 aliphatic rings. The lowest BCUT2D eigenvalue weighted by Gasteiger charge is -2.34. The van der Waals surface area contributed by atoms with Crippen LogP contribution in [0.4, 0.5) is 4.79 Å². The number of carbonyl (C=O) groups excluding carboxylic acids is 1. The molecule has 1 aromatic heterocycles.